The molecule has 0 radical (unpaired) electrons. The largest absolute Gasteiger partial charge is 0.355 e. The molecule has 0 aliphatic carbocycles. The summed E-state index contributed by atoms with van der Waals surface area (Å²) >= 11 is 1.80. The molecule has 2 aliphatic rings. The predicted molar refractivity (Wildman–Crippen MR) is 136 cm³/mol. The molecule has 0 saturated carbocycles. The van der Waals surface area contributed by atoms with Gasteiger partial charge in [0.1, 0.15) is 0 Å². The molecule has 2 aliphatic heterocycles. The summed E-state index contributed by atoms with van der Waals surface area (Å²) in [6, 6.07) is 0.239. The molecule has 2 N–H and O–H groups in total. The second-order valence-electron chi connectivity index (χ2n) is 7.58. The summed E-state index contributed by atoms with van der Waals surface area (Å²) in [7, 11) is -1.53. The first-order valence-corrected chi connectivity index (χ1v) is 13.5. The number of sulfonamides is 1. The van der Waals surface area contributed by atoms with Gasteiger partial charge in [-0.2, -0.15) is 11.8 Å². The van der Waals surface area contributed by atoms with Gasteiger partial charge in [-0.1, -0.05) is 13.8 Å². The predicted octanol–water partition coefficient (Wildman–Crippen LogP) is 1.58. The van der Waals surface area contributed by atoms with Crippen LogP contribution in [0.4, 0.5) is 0 Å². The molecule has 0 bridgehead atoms. The smallest absolute Gasteiger partial charge is 0.225 e. The molecule has 0 aromatic carbocycles. The van der Waals surface area contributed by atoms with Crippen LogP contribution in [0.5, 0.6) is 0 Å². The topological polar surface area (TPSA) is 94.1 Å². The van der Waals surface area contributed by atoms with Crippen LogP contribution in [-0.4, -0.2) is 92.6 Å². The lowest BCUT2D eigenvalue weighted by molar-refractivity contribution is -0.136. The highest BCUT2D eigenvalue weighted by atomic mass is 127. The molecule has 1 amide bonds. The SMILES string of the molecule is CCC(CC)C(=O)N1CCC(NC(=NC)NCCS(=O)(=O)N2CCSCC2)CC1.I. The van der Waals surface area contributed by atoms with Gasteiger partial charge in [-0.05, 0) is 25.7 Å². The average Bonchev–Trinajstić information content (AvgIpc) is 2.74. The van der Waals surface area contributed by atoms with E-state index in [1.807, 2.05) is 4.90 Å². The van der Waals surface area contributed by atoms with Gasteiger partial charge < -0.3 is 15.5 Å². The Balaban J connectivity index is 0.00000450. The highest BCUT2D eigenvalue weighted by molar-refractivity contribution is 14.0. The highest BCUT2D eigenvalue weighted by Crippen LogP contribution is 2.17. The standard InChI is InChI=1S/C19H37N5O3S2.HI/c1-4-16(5-2)18(25)23-9-6-17(7-10-23)22-19(20-3)21-8-15-29(26,27)24-11-13-28-14-12-24;/h16-17H,4-15H2,1-3H3,(H2,20,21,22);1H. The van der Waals surface area contributed by atoms with E-state index in [0.29, 0.717) is 25.6 Å². The lowest BCUT2D eigenvalue weighted by Gasteiger charge is -2.35. The summed E-state index contributed by atoms with van der Waals surface area (Å²) < 4.78 is 26.4. The summed E-state index contributed by atoms with van der Waals surface area (Å²) in [4.78, 5) is 18.7. The minimum atomic E-state index is -3.22. The third-order valence-electron chi connectivity index (χ3n) is 5.72. The van der Waals surface area contributed by atoms with Gasteiger partial charge in [-0.15, -0.1) is 24.0 Å². The minimum Gasteiger partial charge on any atom is -0.355 e. The van der Waals surface area contributed by atoms with E-state index >= 15 is 0 Å². The third-order valence-corrected chi connectivity index (χ3v) is 8.54. The van der Waals surface area contributed by atoms with Crippen molar-refractivity contribution in [1.29, 1.82) is 0 Å². The molecule has 0 spiro atoms. The molecule has 176 valence electrons. The first-order valence-electron chi connectivity index (χ1n) is 10.7. The second kappa shape index (κ2) is 14.0. The van der Waals surface area contributed by atoms with E-state index in [4.69, 9.17) is 0 Å². The van der Waals surface area contributed by atoms with Crippen LogP contribution in [0.1, 0.15) is 39.5 Å². The Morgan fingerprint density at radius 1 is 1.13 bits per heavy atom. The Bertz CT molecular complexity index is 645. The average molecular weight is 576 g/mol. The van der Waals surface area contributed by atoms with E-state index in [1.54, 1.807) is 23.1 Å². The first-order chi connectivity index (χ1) is 13.9. The molecule has 0 aromatic rings. The molecule has 0 unspecified atom stereocenters. The van der Waals surface area contributed by atoms with Crippen LogP contribution in [0.25, 0.3) is 0 Å². The number of carbonyl (C=O) groups is 1. The van der Waals surface area contributed by atoms with Gasteiger partial charge in [0, 0.05) is 63.2 Å². The van der Waals surface area contributed by atoms with Crippen molar-refractivity contribution in [2.24, 2.45) is 10.9 Å². The van der Waals surface area contributed by atoms with E-state index in [0.717, 1.165) is 50.3 Å². The number of nitrogens with one attached hydrogen (secondary N) is 2. The lowest BCUT2D eigenvalue weighted by atomic mass is 9.98. The molecule has 30 heavy (non-hydrogen) atoms. The Labute approximate surface area is 203 Å². The minimum absolute atomic E-state index is 0. The number of piperidine rings is 1. The van der Waals surface area contributed by atoms with Crippen LogP contribution in [0.15, 0.2) is 4.99 Å². The Hall–Kier alpha value is -0.270. The Kier molecular flexibility index (Phi) is 13.0. The van der Waals surface area contributed by atoms with Gasteiger partial charge >= 0.3 is 0 Å². The number of aliphatic imine (C=N–C) groups is 1. The highest BCUT2D eigenvalue weighted by Gasteiger charge is 2.27. The van der Waals surface area contributed by atoms with Crippen molar-refractivity contribution in [3.8, 4) is 0 Å². The van der Waals surface area contributed by atoms with E-state index < -0.39 is 10.0 Å². The number of carbonyl (C=O) groups excluding carboxylic acids is 1. The Morgan fingerprint density at radius 3 is 2.27 bits per heavy atom. The van der Waals surface area contributed by atoms with Gasteiger partial charge in [0.25, 0.3) is 0 Å². The zero-order chi connectivity index (χ0) is 21.3. The number of amides is 1. The quantitative estimate of drug-likeness (QED) is 0.260. The maximum absolute atomic E-state index is 12.5. The van der Waals surface area contributed by atoms with Crippen molar-refractivity contribution >= 4 is 57.6 Å². The molecule has 0 atom stereocenters. The van der Waals surface area contributed by atoms with E-state index in [1.165, 1.54) is 0 Å². The third kappa shape index (κ3) is 8.34. The normalized spacial score (nSPS) is 19.5. The monoisotopic (exact) mass is 575 g/mol. The van der Waals surface area contributed by atoms with Crippen LogP contribution >= 0.6 is 35.7 Å². The molecular weight excluding hydrogens is 537 g/mol. The number of thioether (sulfide) groups is 1. The van der Waals surface area contributed by atoms with Gasteiger partial charge in [-0.25, -0.2) is 12.7 Å². The molecule has 8 nitrogen and oxygen atoms in total. The number of rotatable bonds is 8. The van der Waals surface area contributed by atoms with Crippen LogP contribution in [-0.2, 0) is 14.8 Å². The fourth-order valence-corrected chi connectivity index (χ4v) is 6.27. The second-order valence-corrected chi connectivity index (χ2v) is 10.9. The zero-order valence-electron chi connectivity index (χ0n) is 18.4. The van der Waals surface area contributed by atoms with Crippen molar-refractivity contribution in [2.75, 3.05) is 57.0 Å². The fourth-order valence-electron chi connectivity index (χ4n) is 3.78. The van der Waals surface area contributed by atoms with Crippen molar-refractivity contribution in [3.05, 3.63) is 0 Å². The molecule has 11 heteroatoms. The number of halogens is 1. The van der Waals surface area contributed by atoms with Crippen LogP contribution in [0, 0.1) is 5.92 Å². The maximum Gasteiger partial charge on any atom is 0.225 e. The van der Waals surface area contributed by atoms with Crippen molar-refractivity contribution in [1.82, 2.24) is 19.8 Å². The first kappa shape index (κ1) is 27.8. The Morgan fingerprint density at radius 2 is 1.73 bits per heavy atom. The number of hydrogen-bond acceptors (Lipinski definition) is 5. The number of likely N-dealkylation sites (tertiary alicyclic amines) is 1. The molecule has 0 aromatic heterocycles. The molecule has 2 fully saturated rings. The van der Waals surface area contributed by atoms with Crippen molar-refractivity contribution < 1.29 is 13.2 Å². The van der Waals surface area contributed by atoms with Gasteiger partial charge in [0.15, 0.2) is 5.96 Å². The van der Waals surface area contributed by atoms with E-state index in [2.05, 4.69) is 29.5 Å². The number of guanidine groups is 1. The lowest BCUT2D eigenvalue weighted by Crippen LogP contribution is -2.51. The maximum atomic E-state index is 12.5. The van der Waals surface area contributed by atoms with Gasteiger partial charge in [0.2, 0.25) is 15.9 Å². The van der Waals surface area contributed by atoms with E-state index in [9.17, 15) is 13.2 Å². The van der Waals surface area contributed by atoms with Crippen molar-refractivity contribution in [2.45, 2.75) is 45.6 Å². The molecule has 2 saturated heterocycles. The van der Waals surface area contributed by atoms with Crippen LogP contribution < -0.4 is 10.6 Å². The summed E-state index contributed by atoms with van der Waals surface area (Å²) in [5.41, 5.74) is 0. The summed E-state index contributed by atoms with van der Waals surface area (Å²) in [6.07, 6.45) is 3.53. The summed E-state index contributed by atoms with van der Waals surface area (Å²) in [5.74, 6) is 2.84. The molecular formula is C19H38IN5O3S2. The van der Waals surface area contributed by atoms with Gasteiger partial charge in [0.05, 0.1) is 5.75 Å². The summed E-state index contributed by atoms with van der Waals surface area (Å²) in [6.45, 7) is 7.19. The van der Waals surface area contributed by atoms with E-state index in [-0.39, 0.29) is 47.6 Å². The van der Waals surface area contributed by atoms with Crippen molar-refractivity contribution in [3.63, 3.8) is 0 Å². The fraction of sp³-hybridized carbons (Fsp3) is 0.895. The number of hydrogen-bond donors (Lipinski definition) is 2. The van der Waals surface area contributed by atoms with Crippen LogP contribution in [0.3, 0.4) is 0 Å². The van der Waals surface area contributed by atoms with Gasteiger partial charge in [-0.3, -0.25) is 9.79 Å². The summed E-state index contributed by atoms with van der Waals surface area (Å²) in [5, 5.41) is 6.51. The molecule has 2 heterocycles. The number of nitrogens with zero attached hydrogens (tertiary/aromatic N) is 3. The zero-order valence-corrected chi connectivity index (χ0v) is 22.4. The molecule has 2 rings (SSSR count). The van der Waals surface area contributed by atoms with Crippen LogP contribution in [0.2, 0.25) is 0 Å².